The first-order valence-electron chi connectivity index (χ1n) is 19.3. The molecule has 2 fully saturated rings. The number of ether oxygens (including phenoxy) is 2. The average Bonchev–Trinajstić information content (AvgIpc) is 3.76. The summed E-state index contributed by atoms with van der Waals surface area (Å²) in [6.45, 7) is 5.37. The van der Waals surface area contributed by atoms with Crippen molar-refractivity contribution in [3.8, 4) is 0 Å². The summed E-state index contributed by atoms with van der Waals surface area (Å²) < 4.78 is 10.9. The lowest BCUT2D eigenvalue weighted by Gasteiger charge is -2.47. The van der Waals surface area contributed by atoms with Gasteiger partial charge in [0.2, 0.25) is 0 Å². The van der Waals surface area contributed by atoms with Crippen molar-refractivity contribution in [3.63, 3.8) is 0 Å². The Balaban J connectivity index is 0.000000150. The molecule has 276 valence electrons. The van der Waals surface area contributed by atoms with Gasteiger partial charge in [0.05, 0.1) is 36.3 Å². The van der Waals surface area contributed by atoms with Crippen molar-refractivity contribution in [2.75, 3.05) is 13.2 Å². The molecule has 8 atom stereocenters. The minimum atomic E-state index is -0.295. The summed E-state index contributed by atoms with van der Waals surface area (Å²) in [5.74, 6) is 0. The molecule has 0 aromatic heterocycles. The number of hydrogen-bond donors (Lipinski definition) is 2. The fourth-order valence-electron chi connectivity index (χ4n) is 9.87. The number of nitrogens with zero attached hydrogens (tertiary/aromatic N) is 2. The standard InChI is InChI=1S/C22H20N2O4.C22H28N2.CH4/c25-21-23-15(11-27-21)9-13-5-1-3-7-17(13)19(23)20-18-8-4-2-6-14(18)10-16-12-28-22(26)24(16)20;1-3-17-13-15-9-5-7-11-19(15)21(23-17)22-20-12-8-6-10-16(20)14-18(4-2)24-22;/h1-8,15-16,19-20H,9-12H2;5-12,17-18,21-24H,3-4,13-14H2,1-2H3;1H4. The van der Waals surface area contributed by atoms with Crippen LogP contribution in [0.1, 0.15) is 103 Å². The number of fused-ring (bicyclic) bond motifs is 6. The molecule has 6 heterocycles. The predicted molar refractivity (Wildman–Crippen MR) is 207 cm³/mol. The molecule has 8 nitrogen and oxygen atoms in total. The van der Waals surface area contributed by atoms with Crippen LogP contribution in [0.4, 0.5) is 9.59 Å². The number of benzene rings is 4. The summed E-state index contributed by atoms with van der Waals surface area (Å²) in [5.41, 5.74) is 10.6. The second-order valence-electron chi connectivity index (χ2n) is 15.3. The summed E-state index contributed by atoms with van der Waals surface area (Å²) in [4.78, 5) is 29.2. The maximum atomic E-state index is 12.7. The van der Waals surface area contributed by atoms with Gasteiger partial charge in [-0.3, -0.25) is 9.80 Å². The molecule has 0 radical (unpaired) electrons. The van der Waals surface area contributed by atoms with Crippen LogP contribution in [0, 0.1) is 0 Å². The van der Waals surface area contributed by atoms with Gasteiger partial charge in [0, 0.05) is 12.1 Å². The number of hydrogen-bond acceptors (Lipinski definition) is 6. The van der Waals surface area contributed by atoms with Crippen LogP contribution in [0.3, 0.4) is 0 Å². The van der Waals surface area contributed by atoms with Gasteiger partial charge in [-0.2, -0.15) is 0 Å². The Hall–Kier alpha value is -4.66. The van der Waals surface area contributed by atoms with Crippen LogP contribution in [-0.2, 0) is 35.2 Å². The molecule has 2 N–H and O–H groups in total. The molecular formula is C45H52N4O4. The molecule has 10 rings (SSSR count). The third-order valence-corrected chi connectivity index (χ3v) is 12.4. The zero-order valence-corrected chi connectivity index (χ0v) is 30.0. The molecule has 0 bridgehead atoms. The van der Waals surface area contributed by atoms with Crippen LogP contribution in [0.15, 0.2) is 97.1 Å². The SMILES string of the molecule is C.CCC1Cc2ccccc2C(C2NC(CC)Cc3ccccc32)N1.O=C1OCC2Cc3ccccc3C(C3c4ccccc4CC4COC(=O)N43)N12. The van der Waals surface area contributed by atoms with E-state index in [0.29, 0.717) is 37.4 Å². The fraction of sp³-hybridized carbons (Fsp3) is 0.422. The lowest BCUT2D eigenvalue weighted by atomic mass is 9.78. The van der Waals surface area contributed by atoms with E-state index in [-0.39, 0.29) is 43.8 Å². The minimum absolute atomic E-state index is 0. The Kier molecular flexibility index (Phi) is 9.77. The summed E-state index contributed by atoms with van der Waals surface area (Å²) in [6.07, 6.45) is 5.62. The Morgan fingerprint density at radius 1 is 0.528 bits per heavy atom. The minimum Gasteiger partial charge on any atom is -0.447 e. The van der Waals surface area contributed by atoms with Crippen LogP contribution in [-0.4, -0.2) is 59.4 Å². The highest BCUT2D eigenvalue weighted by Crippen LogP contribution is 2.50. The van der Waals surface area contributed by atoms with E-state index >= 15 is 0 Å². The average molecular weight is 713 g/mol. The quantitative estimate of drug-likeness (QED) is 0.222. The zero-order valence-electron chi connectivity index (χ0n) is 30.0. The zero-order chi connectivity index (χ0) is 35.3. The second kappa shape index (κ2) is 14.6. The third kappa shape index (κ3) is 6.19. The van der Waals surface area contributed by atoms with E-state index in [0.717, 1.165) is 36.8 Å². The summed E-state index contributed by atoms with van der Waals surface area (Å²) >= 11 is 0. The van der Waals surface area contributed by atoms with Gasteiger partial charge in [-0.25, -0.2) is 9.59 Å². The fourth-order valence-corrected chi connectivity index (χ4v) is 9.87. The van der Waals surface area contributed by atoms with E-state index in [4.69, 9.17) is 9.47 Å². The Labute approximate surface area is 313 Å². The monoisotopic (exact) mass is 712 g/mol. The Morgan fingerprint density at radius 2 is 0.868 bits per heavy atom. The summed E-state index contributed by atoms with van der Waals surface area (Å²) in [7, 11) is 0. The van der Waals surface area contributed by atoms with Gasteiger partial charge in [0.1, 0.15) is 13.2 Å². The first-order valence-corrected chi connectivity index (χ1v) is 19.3. The molecule has 6 aliphatic rings. The third-order valence-electron chi connectivity index (χ3n) is 12.4. The molecule has 0 saturated carbocycles. The molecule has 6 aliphatic heterocycles. The topological polar surface area (TPSA) is 83.1 Å². The normalized spacial score (nSPS) is 29.0. The maximum Gasteiger partial charge on any atom is 0.410 e. The van der Waals surface area contributed by atoms with Crippen molar-refractivity contribution < 1.29 is 19.1 Å². The molecule has 0 spiro atoms. The van der Waals surface area contributed by atoms with E-state index in [1.807, 2.05) is 34.1 Å². The van der Waals surface area contributed by atoms with E-state index in [9.17, 15) is 9.59 Å². The Morgan fingerprint density at radius 3 is 1.25 bits per heavy atom. The van der Waals surface area contributed by atoms with Crippen LogP contribution in [0.2, 0.25) is 0 Å². The van der Waals surface area contributed by atoms with Crippen molar-refractivity contribution in [3.05, 3.63) is 142 Å². The molecular weight excluding hydrogens is 661 g/mol. The van der Waals surface area contributed by atoms with Gasteiger partial charge >= 0.3 is 12.2 Å². The van der Waals surface area contributed by atoms with Crippen molar-refractivity contribution in [2.24, 2.45) is 0 Å². The van der Waals surface area contributed by atoms with E-state index in [1.165, 1.54) is 46.2 Å². The van der Waals surface area contributed by atoms with Crippen LogP contribution in [0.5, 0.6) is 0 Å². The molecule has 53 heavy (non-hydrogen) atoms. The number of carbonyl (C=O) groups is 2. The van der Waals surface area contributed by atoms with Gasteiger partial charge in [-0.15, -0.1) is 0 Å². The molecule has 4 aromatic carbocycles. The highest BCUT2D eigenvalue weighted by Gasteiger charge is 2.53. The second-order valence-corrected chi connectivity index (χ2v) is 15.3. The number of rotatable bonds is 4. The number of carbonyl (C=O) groups excluding carboxylic acids is 2. The van der Waals surface area contributed by atoms with Crippen LogP contribution < -0.4 is 10.6 Å². The highest BCUT2D eigenvalue weighted by molar-refractivity contribution is 5.75. The smallest absolute Gasteiger partial charge is 0.410 e. The van der Waals surface area contributed by atoms with Gasteiger partial charge in [-0.1, -0.05) is 118 Å². The van der Waals surface area contributed by atoms with Crippen molar-refractivity contribution in [1.29, 1.82) is 0 Å². The predicted octanol–water partition coefficient (Wildman–Crippen LogP) is 8.18. The van der Waals surface area contributed by atoms with E-state index < -0.39 is 0 Å². The first kappa shape index (κ1) is 35.4. The molecule has 2 saturated heterocycles. The molecule has 2 amide bonds. The van der Waals surface area contributed by atoms with Crippen molar-refractivity contribution in [1.82, 2.24) is 20.4 Å². The van der Waals surface area contributed by atoms with Gasteiger partial charge < -0.3 is 20.1 Å². The molecule has 8 unspecified atom stereocenters. The van der Waals surface area contributed by atoms with E-state index in [2.05, 4.69) is 97.3 Å². The maximum absolute atomic E-state index is 12.7. The van der Waals surface area contributed by atoms with Gasteiger partial charge in [-0.05, 0) is 83.0 Å². The van der Waals surface area contributed by atoms with Crippen LogP contribution >= 0.6 is 0 Å². The van der Waals surface area contributed by atoms with Crippen molar-refractivity contribution in [2.45, 2.75) is 108 Å². The summed E-state index contributed by atoms with van der Waals surface area (Å²) in [5, 5.41) is 7.90. The molecule has 4 aromatic rings. The van der Waals surface area contributed by atoms with Crippen LogP contribution in [0.25, 0.3) is 0 Å². The summed E-state index contributed by atoms with van der Waals surface area (Å²) in [6, 6.07) is 35.8. The van der Waals surface area contributed by atoms with Gasteiger partial charge in [0.25, 0.3) is 0 Å². The number of cyclic esters (lactones) is 2. The lowest BCUT2D eigenvalue weighted by Crippen LogP contribution is -2.52. The van der Waals surface area contributed by atoms with Gasteiger partial charge in [0.15, 0.2) is 0 Å². The largest absolute Gasteiger partial charge is 0.447 e. The molecule has 8 heteroatoms. The number of amides is 2. The van der Waals surface area contributed by atoms with E-state index in [1.54, 1.807) is 0 Å². The highest BCUT2D eigenvalue weighted by atomic mass is 16.6. The lowest BCUT2D eigenvalue weighted by molar-refractivity contribution is 0.0723. The molecule has 0 aliphatic carbocycles. The Bertz CT molecular complexity index is 1840. The number of nitrogens with one attached hydrogen (secondary N) is 2. The van der Waals surface area contributed by atoms with Crippen molar-refractivity contribution >= 4 is 12.2 Å². The first-order chi connectivity index (χ1) is 25.5.